The second-order valence-corrected chi connectivity index (χ2v) is 7.66. The molecule has 3 atom stereocenters. The number of carbonyl (C=O) groups is 2. The normalized spacial score (nSPS) is 25.8. The van der Waals surface area contributed by atoms with Crippen molar-refractivity contribution in [3.63, 3.8) is 0 Å². The monoisotopic (exact) mass is 371 g/mol. The van der Waals surface area contributed by atoms with Crippen LogP contribution < -0.4 is 9.64 Å². The Balaban J connectivity index is 1.60. The van der Waals surface area contributed by atoms with Crippen LogP contribution in [0.2, 0.25) is 0 Å². The molecule has 0 aromatic heterocycles. The van der Waals surface area contributed by atoms with Crippen molar-refractivity contribution < 1.29 is 14.3 Å². The van der Waals surface area contributed by atoms with Gasteiger partial charge in [0.25, 0.3) is 0 Å². The molecule has 0 spiro atoms. The number of ether oxygens (including phenoxy) is 1. The van der Waals surface area contributed by atoms with Crippen molar-refractivity contribution >= 4 is 23.1 Å². The molecule has 2 aliphatic carbocycles. The number of nitrogens with zero attached hydrogens (tertiary/aromatic N) is 1. The number of imide groups is 1. The van der Waals surface area contributed by atoms with Gasteiger partial charge in [0, 0.05) is 5.56 Å². The predicted molar refractivity (Wildman–Crippen MR) is 108 cm³/mol. The van der Waals surface area contributed by atoms with E-state index in [1.54, 1.807) is 7.11 Å². The first-order valence-corrected chi connectivity index (χ1v) is 9.61. The Morgan fingerprint density at radius 2 is 1.82 bits per heavy atom. The lowest BCUT2D eigenvalue weighted by Gasteiger charge is -2.37. The van der Waals surface area contributed by atoms with Crippen LogP contribution in [0.4, 0.5) is 5.69 Å². The van der Waals surface area contributed by atoms with Crippen molar-refractivity contribution in [1.82, 2.24) is 0 Å². The van der Waals surface area contributed by atoms with Gasteiger partial charge in [0.15, 0.2) is 0 Å². The minimum absolute atomic E-state index is 0.0280. The van der Waals surface area contributed by atoms with E-state index in [9.17, 15) is 9.59 Å². The van der Waals surface area contributed by atoms with E-state index < -0.39 is 5.92 Å². The average molecular weight is 371 g/mol. The van der Waals surface area contributed by atoms with Crippen LogP contribution in [0.1, 0.15) is 17.5 Å². The fourth-order valence-corrected chi connectivity index (χ4v) is 5.11. The molecule has 1 saturated heterocycles. The molecular weight excluding hydrogens is 350 g/mol. The fraction of sp³-hybridized carbons (Fsp3) is 0.250. The summed E-state index contributed by atoms with van der Waals surface area (Å²) < 4.78 is 5.54. The summed E-state index contributed by atoms with van der Waals surface area (Å²) in [6, 6.07) is 15.2. The average Bonchev–Trinajstić information content (AvgIpc) is 2.99. The molecule has 2 amide bonds. The zero-order valence-electron chi connectivity index (χ0n) is 15.7. The van der Waals surface area contributed by atoms with E-state index in [1.807, 2.05) is 48.5 Å². The van der Waals surface area contributed by atoms with Gasteiger partial charge in [-0.1, -0.05) is 43.0 Å². The van der Waals surface area contributed by atoms with Crippen molar-refractivity contribution in [3.05, 3.63) is 77.9 Å². The Morgan fingerprint density at radius 3 is 2.57 bits per heavy atom. The van der Waals surface area contributed by atoms with Gasteiger partial charge in [-0.3, -0.25) is 9.59 Å². The second kappa shape index (κ2) is 6.20. The van der Waals surface area contributed by atoms with Gasteiger partial charge >= 0.3 is 0 Å². The van der Waals surface area contributed by atoms with Crippen LogP contribution in [0, 0.1) is 17.8 Å². The molecule has 1 fully saturated rings. The van der Waals surface area contributed by atoms with Gasteiger partial charge in [0.2, 0.25) is 11.8 Å². The first-order chi connectivity index (χ1) is 13.6. The van der Waals surface area contributed by atoms with Gasteiger partial charge in [-0.25, -0.2) is 4.90 Å². The van der Waals surface area contributed by atoms with E-state index in [4.69, 9.17) is 4.74 Å². The van der Waals surface area contributed by atoms with E-state index in [2.05, 4.69) is 12.6 Å². The summed E-state index contributed by atoms with van der Waals surface area (Å²) in [5, 5.41) is 0. The molecule has 0 N–H and O–H groups in total. The van der Waals surface area contributed by atoms with Crippen LogP contribution in [-0.4, -0.2) is 18.9 Å². The van der Waals surface area contributed by atoms with Gasteiger partial charge in [0.1, 0.15) is 5.75 Å². The standard InChI is InChI=1S/C24H21NO3/c1-14-13-19-16-9-6-10-20(28-2)17(16)11-12-18(19)22-21(14)23(26)25(24(22)27)15-7-4-3-5-8-15/h3-10,13,18,21-22H,1,11-12H2,2H3. The molecule has 2 aromatic carbocycles. The lowest BCUT2D eigenvalue weighted by atomic mass is 9.64. The van der Waals surface area contributed by atoms with Gasteiger partial charge in [-0.05, 0) is 53.7 Å². The molecule has 4 nitrogen and oxygen atoms in total. The molecule has 1 heterocycles. The van der Waals surface area contributed by atoms with E-state index in [0.717, 1.165) is 35.3 Å². The van der Waals surface area contributed by atoms with E-state index in [1.165, 1.54) is 10.5 Å². The maximum atomic E-state index is 13.4. The van der Waals surface area contributed by atoms with E-state index >= 15 is 0 Å². The summed E-state index contributed by atoms with van der Waals surface area (Å²) in [4.78, 5) is 27.9. The molecule has 140 valence electrons. The lowest BCUT2D eigenvalue weighted by molar-refractivity contribution is -0.122. The lowest BCUT2D eigenvalue weighted by Crippen LogP contribution is -2.35. The Bertz CT molecular complexity index is 1040. The van der Waals surface area contributed by atoms with E-state index in [-0.39, 0.29) is 23.7 Å². The van der Waals surface area contributed by atoms with Crippen LogP contribution in [0.15, 0.2) is 66.8 Å². The van der Waals surface area contributed by atoms with Crippen LogP contribution >= 0.6 is 0 Å². The van der Waals surface area contributed by atoms with Crippen LogP contribution in [0.25, 0.3) is 5.57 Å². The van der Waals surface area contributed by atoms with Crippen LogP contribution in [0.3, 0.4) is 0 Å². The maximum Gasteiger partial charge on any atom is 0.242 e. The maximum absolute atomic E-state index is 13.4. The molecule has 0 bridgehead atoms. The van der Waals surface area contributed by atoms with Crippen LogP contribution in [-0.2, 0) is 16.0 Å². The first kappa shape index (κ1) is 17.0. The minimum atomic E-state index is -0.464. The highest BCUT2D eigenvalue weighted by atomic mass is 16.5. The number of anilines is 1. The molecule has 2 aromatic rings. The number of carbonyl (C=O) groups excluding carboxylic acids is 2. The summed E-state index contributed by atoms with van der Waals surface area (Å²) in [7, 11) is 1.68. The number of fused-ring (bicyclic) bond motifs is 5. The molecule has 3 unspecified atom stereocenters. The van der Waals surface area contributed by atoms with Gasteiger partial charge in [-0.15, -0.1) is 0 Å². The highest BCUT2D eigenvalue weighted by Gasteiger charge is 2.55. The Morgan fingerprint density at radius 1 is 1.04 bits per heavy atom. The summed E-state index contributed by atoms with van der Waals surface area (Å²) in [5.74, 6) is -0.194. The van der Waals surface area contributed by atoms with Crippen molar-refractivity contribution in [2.24, 2.45) is 17.8 Å². The minimum Gasteiger partial charge on any atom is -0.496 e. The third-order valence-electron chi connectivity index (χ3n) is 6.31. The SMILES string of the molecule is C=C1C=C2c3cccc(OC)c3CCC2C2C(=O)N(c3ccccc3)C(=O)C12. The summed E-state index contributed by atoms with van der Waals surface area (Å²) in [6.45, 7) is 4.17. The second-order valence-electron chi connectivity index (χ2n) is 7.66. The quantitative estimate of drug-likeness (QED) is 0.749. The summed E-state index contributed by atoms with van der Waals surface area (Å²) in [6.07, 6.45) is 3.70. The summed E-state index contributed by atoms with van der Waals surface area (Å²) in [5.41, 5.74) is 4.77. The molecular formula is C24H21NO3. The molecule has 1 aliphatic heterocycles. The van der Waals surface area contributed by atoms with Crippen molar-refractivity contribution in [2.45, 2.75) is 12.8 Å². The topological polar surface area (TPSA) is 46.6 Å². The number of rotatable bonds is 2. The number of hydrogen-bond donors (Lipinski definition) is 0. The summed E-state index contributed by atoms with van der Waals surface area (Å²) >= 11 is 0. The third-order valence-corrected chi connectivity index (χ3v) is 6.31. The smallest absolute Gasteiger partial charge is 0.242 e. The zero-order valence-corrected chi connectivity index (χ0v) is 15.7. The van der Waals surface area contributed by atoms with E-state index in [0.29, 0.717) is 5.69 Å². The molecule has 3 aliphatic rings. The molecule has 28 heavy (non-hydrogen) atoms. The Kier molecular flexibility index (Phi) is 3.76. The van der Waals surface area contributed by atoms with Gasteiger partial charge in [-0.2, -0.15) is 0 Å². The number of hydrogen-bond acceptors (Lipinski definition) is 3. The van der Waals surface area contributed by atoms with Crippen molar-refractivity contribution in [2.75, 3.05) is 12.0 Å². The molecule has 0 radical (unpaired) electrons. The Hall–Kier alpha value is -3.14. The number of amides is 2. The zero-order chi connectivity index (χ0) is 19.4. The number of para-hydroxylation sites is 1. The highest BCUT2D eigenvalue weighted by molar-refractivity contribution is 6.24. The number of benzene rings is 2. The van der Waals surface area contributed by atoms with Crippen molar-refractivity contribution in [3.8, 4) is 5.75 Å². The molecule has 5 rings (SSSR count). The first-order valence-electron chi connectivity index (χ1n) is 9.61. The van der Waals surface area contributed by atoms with Crippen LogP contribution in [0.5, 0.6) is 5.75 Å². The van der Waals surface area contributed by atoms with Gasteiger partial charge in [0.05, 0.1) is 24.6 Å². The van der Waals surface area contributed by atoms with Gasteiger partial charge < -0.3 is 4.74 Å². The highest BCUT2D eigenvalue weighted by Crippen LogP contribution is 2.52. The molecule has 4 heteroatoms. The fourth-order valence-electron chi connectivity index (χ4n) is 5.11. The predicted octanol–water partition coefficient (Wildman–Crippen LogP) is 4.02. The largest absolute Gasteiger partial charge is 0.496 e. The van der Waals surface area contributed by atoms with Crippen molar-refractivity contribution in [1.29, 1.82) is 0 Å². The molecule has 0 saturated carbocycles. The Labute approximate surface area is 164 Å². The number of methoxy groups -OCH3 is 1. The third kappa shape index (κ3) is 2.24. The number of allylic oxidation sites excluding steroid dienone is 2.